The molecular weight excluding hydrogens is 278 g/mol. The van der Waals surface area contributed by atoms with Gasteiger partial charge in [0.2, 0.25) is 0 Å². The summed E-state index contributed by atoms with van der Waals surface area (Å²) in [4.78, 5) is 0. The van der Waals surface area contributed by atoms with Gasteiger partial charge in [0.1, 0.15) is 5.75 Å². The van der Waals surface area contributed by atoms with Gasteiger partial charge in [-0.1, -0.05) is 28.8 Å². The normalized spacial score (nSPS) is 9.59. The summed E-state index contributed by atoms with van der Waals surface area (Å²) < 4.78 is 6.77. The second-order valence-electron chi connectivity index (χ2n) is 3.63. The monoisotopic (exact) mass is 295 g/mol. The molecule has 0 bridgehead atoms. The fraction of sp³-hybridized carbons (Fsp3) is 0.429. The second kappa shape index (κ2) is 8.16. The highest BCUT2D eigenvalue weighted by Gasteiger charge is 2.03. The minimum Gasteiger partial charge on any atom is -0.493 e. The summed E-state index contributed by atoms with van der Waals surface area (Å²) in [6.45, 7) is 6.18. The topological polar surface area (TPSA) is 21.3 Å². The number of hydrogen-bond donors (Lipinski definition) is 1. The summed E-state index contributed by atoms with van der Waals surface area (Å²) in [6, 6.07) is 6.08. The Hall–Kier alpha value is -0.980. The molecule has 0 aromatic heterocycles. The summed E-state index contributed by atoms with van der Waals surface area (Å²) in [5, 5.41) is 3.27. The van der Waals surface area contributed by atoms with E-state index in [0.29, 0.717) is 6.54 Å². The van der Waals surface area contributed by atoms with Gasteiger partial charge in [0.25, 0.3) is 0 Å². The minimum atomic E-state index is 0.705. The first-order valence-corrected chi connectivity index (χ1v) is 6.58. The minimum absolute atomic E-state index is 0.705. The highest BCUT2D eigenvalue weighted by molar-refractivity contribution is 9.10. The van der Waals surface area contributed by atoms with E-state index >= 15 is 0 Å². The Bertz CT molecular complexity index is 406. The summed E-state index contributed by atoms with van der Waals surface area (Å²) in [5.41, 5.74) is 1.16. The summed E-state index contributed by atoms with van der Waals surface area (Å²) in [5.74, 6) is 6.79. The van der Waals surface area contributed by atoms with Crippen LogP contribution in [-0.4, -0.2) is 13.2 Å². The molecule has 1 N–H and O–H groups in total. The van der Waals surface area contributed by atoms with Crippen LogP contribution in [0.5, 0.6) is 5.75 Å². The van der Waals surface area contributed by atoms with Gasteiger partial charge in [0.15, 0.2) is 0 Å². The van der Waals surface area contributed by atoms with Crippen LogP contribution in [0.1, 0.15) is 25.8 Å². The van der Waals surface area contributed by atoms with Gasteiger partial charge in [-0.3, -0.25) is 0 Å². The Morgan fingerprint density at radius 2 is 2.24 bits per heavy atom. The number of benzene rings is 1. The van der Waals surface area contributed by atoms with Gasteiger partial charge in [0, 0.05) is 16.6 Å². The van der Waals surface area contributed by atoms with E-state index in [2.05, 4.69) is 46.1 Å². The molecule has 1 rings (SSSR count). The van der Waals surface area contributed by atoms with E-state index in [1.165, 1.54) is 0 Å². The maximum absolute atomic E-state index is 5.70. The lowest BCUT2D eigenvalue weighted by Gasteiger charge is -2.11. The average Bonchev–Trinajstić information content (AvgIpc) is 2.33. The second-order valence-corrected chi connectivity index (χ2v) is 4.55. The first-order chi connectivity index (χ1) is 8.27. The van der Waals surface area contributed by atoms with Crippen LogP contribution in [0, 0.1) is 11.8 Å². The first-order valence-electron chi connectivity index (χ1n) is 5.79. The van der Waals surface area contributed by atoms with Crippen LogP contribution >= 0.6 is 15.9 Å². The molecule has 0 radical (unpaired) electrons. The van der Waals surface area contributed by atoms with Crippen LogP contribution < -0.4 is 10.1 Å². The van der Waals surface area contributed by atoms with Gasteiger partial charge >= 0.3 is 0 Å². The van der Waals surface area contributed by atoms with Crippen LogP contribution in [0.3, 0.4) is 0 Å². The molecule has 0 aliphatic rings. The molecule has 0 aliphatic carbocycles. The van der Waals surface area contributed by atoms with Crippen LogP contribution in [0.25, 0.3) is 0 Å². The highest BCUT2D eigenvalue weighted by Crippen LogP contribution is 2.23. The molecule has 3 heteroatoms. The number of rotatable bonds is 6. The molecule has 0 fully saturated rings. The Balaban J connectivity index is 2.64. The average molecular weight is 296 g/mol. The molecule has 0 atom stereocenters. The predicted molar refractivity (Wildman–Crippen MR) is 75.1 cm³/mol. The summed E-state index contributed by atoms with van der Waals surface area (Å²) >= 11 is 3.48. The largest absolute Gasteiger partial charge is 0.493 e. The number of hydrogen-bond acceptors (Lipinski definition) is 2. The highest BCUT2D eigenvalue weighted by atomic mass is 79.9. The zero-order chi connectivity index (χ0) is 12.5. The Kier molecular flexibility index (Phi) is 6.76. The fourth-order valence-corrected chi connectivity index (χ4v) is 1.80. The standard InChI is InChI=1S/C14H18BrNO/c1-3-5-8-16-11-12-10-13(15)6-7-14(12)17-9-4-2/h6-7,10,16H,4,8-9,11H2,1-2H3. The van der Waals surface area contributed by atoms with E-state index in [4.69, 9.17) is 4.74 Å². The van der Waals surface area contributed by atoms with E-state index < -0.39 is 0 Å². The van der Waals surface area contributed by atoms with Crippen LogP contribution in [0.15, 0.2) is 22.7 Å². The third kappa shape index (κ3) is 5.25. The zero-order valence-corrected chi connectivity index (χ0v) is 11.9. The lowest BCUT2D eigenvalue weighted by atomic mass is 10.2. The molecule has 0 amide bonds. The van der Waals surface area contributed by atoms with Crippen molar-refractivity contribution in [1.82, 2.24) is 5.32 Å². The molecule has 0 saturated heterocycles. The van der Waals surface area contributed by atoms with Crippen molar-refractivity contribution < 1.29 is 4.74 Å². The number of halogens is 1. The maximum Gasteiger partial charge on any atom is 0.123 e. The number of nitrogens with one attached hydrogen (secondary N) is 1. The summed E-state index contributed by atoms with van der Waals surface area (Å²) in [7, 11) is 0. The predicted octanol–water partition coefficient (Wildman–Crippen LogP) is 3.35. The molecular formula is C14H18BrNO. The molecule has 1 aromatic carbocycles. The zero-order valence-electron chi connectivity index (χ0n) is 10.3. The van der Waals surface area contributed by atoms with Crippen molar-refractivity contribution in [3.05, 3.63) is 28.2 Å². The van der Waals surface area contributed by atoms with Crippen molar-refractivity contribution in [2.75, 3.05) is 13.2 Å². The van der Waals surface area contributed by atoms with Gasteiger partial charge in [-0.15, -0.1) is 5.92 Å². The molecule has 0 unspecified atom stereocenters. The van der Waals surface area contributed by atoms with E-state index in [-0.39, 0.29) is 0 Å². The van der Waals surface area contributed by atoms with Crippen molar-refractivity contribution in [2.45, 2.75) is 26.8 Å². The molecule has 17 heavy (non-hydrogen) atoms. The van der Waals surface area contributed by atoms with Crippen molar-refractivity contribution in [1.29, 1.82) is 0 Å². The molecule has 2 nitrogen and oxygen atoms in total. The van der Waals surface area contributed by atoms with E-state index in [1.807, 2.05) is 19.1 Å². The lowest BCUT2D eigenvalue weighted by Crippen LogP contribution is -2.14. The van der Waals surface area contributed by atoms with E-state index in [0.717, 1.165) is 35.4 Å². The van der Waals surface area contributed by atoms with Crippen molar-refractivity contribution in [3.63, 3.8) is 0 Å². The maximum atomic E-state index is 5.70. The Labute approximate surface area is 112 Å². The Morgan fingerprint density at radius 1 is 1.41 bits per heavy atom. The van der Waals surface area contributed by atoms with Crippen LogP contribution in [-0.2, 0) is 6.54 Å². The van der Waals surface area contributed by atoms with Crippen molar-refractivity contribution in [2.24, 2.45) is 0 Å². The smallest absolute Gasteiger partial charge is 0.123 e. The third-order valence-corrected chi connectivity index (χ3v) is 2.68. The van der Waals surface area contributed by atoms with Crippen molar-refractivity contribution >= 4 is 15.9 Å². The molecule has 92 valence electrons. The van der Waals surface area contributed by atoms with Gasteiger partial charge in [-0.05, 0) is 31.5 Å². The molecule has 0 heterocycles. The van der Waals surface area contributed by atoms with Crippen LogP contribution in [0.4, 0.5) is 0 Å². The van der Waals surface area contributed by atoms with Gasteiger partial charge < -0.3 is 10.1 Å². The number of ether oxygens (including phenoxy) is 1. The summed E-state index contributed by atoms with van der Waals surface area (Å²) in [6.07, 6.45) is 1.02. The van der Waals surface area contributed by atoms with E-state index in [9.17, 15) is 0 Å². The van der Waals surface area contributed by atoms with Crippen molar-refractivity contribution in [3.8, 4) is 17.6 Å². The third-order valence-electron chi connectivity index (χ3n) is 2.19. The SMILES string of the molecule is CC#CCNCc1cc(Br)ccc1OCCC. The van der Waals surface area contributed by atoms with Gasteiger partial charge in [0.05, 0.1) is 13.2 Å². The molecule has 0 spiro atoms. The Morgan fingerprint density at radius 3 is 2.94 bits per heavy atom. The van der Waals surface area contributed by atoms with Crippen LogP contribution in [0.2, 0.25) is 0 Å². The van der Waals surface area contributed by atoms with Gasteiger partial charge in [-0.2, -0.15) is 0 Å². The fourth-order valence-electron chi connectivity index (χ4n) is 1.39. The lowest BCUT2D eigenvalue weighted by molar-refractivity contribution is 0.313. The first kappa shape index (κ1) is 14.1. The quantitative estimate of drug-likeness (QED) is 0.642. The van der Waals surface area contributed by atoms with Gasteiger partial charge in [-0.25, -0.2) is 0 Å². The molecule has 0 aliphatic heterocycles. The molecule has 1 aromatic rings. The van der Waals surface area contributed by atoms with E-state index in [1.54, 1.807) is 0 Å². The molecule has 0 saturated carbocycles.